The Morgan fingerprint density at radius 1 is 1.29 bits per heavy atom. The first-order valence-electron chi connectivity index (χ1n) is 7.70. The molecule has 0 unspecified atom stereocenters. The fourth-order valence-corrected chi connectivity index (χ4v) is 3.10. The largest absolute Gasteiger partial charge is 0.463 e. The summed E-state index contributed by atoms with van der Waals surface area (Å²) in [6.07, 6.45) is 3.58. The molecular formula is C16H32O4Si. The van der Waals surface area contributed by atoms with Crippen molar-refractivity contribution >= 4 is 14.3 Å². The van der Waals surface area contributed by atoms with E-state index in [1.165, 1.54) is 12.2 Å². The van der Waals surface area contributed by atoms with Gasteiger partial charge in [-0.2, -0.15) is 0 Å². The first-order chi connectivity index (χ1) is 9.49. The van der Waals surface area contributed by atoms with Gasteiger partial charge in [-0.3, -0.25) is 0 Å². The molecule has 0 rings (SSSR count). The third-order valence-corrected chi connectivity index (χ3v) is 8.52. The van der Waals surface area contributed by atoms with Crippen LogP contribution in [0, 0.1) is 0 Å². The lowest BCUT2D eigenvalue weighted by molar-refractivity contribution is -0.137. The Balaban J connectivity index is 4.19. The topological polar surface area (TPSA) is 55.8 Å². The zero-order chi connectivity index (χ0) is 16.7. The van der Waals surface area contributed by atoms with Crippen molar-refractivity contribution in [2.45, 2.75) is 77.8 Å². The quantitative estimate of drug-likeness (QED) is 0.422. The maximum atomic E-state index is 11.1. The van der Waals surface area contributed by atoms with Crippen LogP contribution in [0.4, 0.5) is 0 Å². The van der Waals surface area contributed by atoms with Crippen molar-refractivity contribution < 1.29 is 19.1 Å². The summed E-state index contributed by atoms with van der Waals surface area (Å²) in [6, 6.07) is 0. The number of carbonyl (C=O) groups is 1. The lowest BCUT2D eigenvalue weighted by Gasteiger charge is -2.38. The van der Waals surface area contributed by atoms with Crippen LogP contribution in [-0.4, -0.2) is 38.2 Å². The highest BCUT2D eigenvalue weighted by atomic mass is 28.4. The third kappa shape index (κ3) is 8.39. The fourth-order valence-electron chi connectivity index (χ4n) is 1.62. The van der Waals surface area contributed by atoms with E-state index >= 15 is 0 Å². The highest BCUT2D eigenvalue weighted by Crippen LogP contribution is 2.37. The number of aliphatic hydroxyl groups is 1. The van der Waals surface area contributed by atoms with Gasteiger partial charge in [-0.05, 0) is 50.9 Å². The van der Waals surface area contributed by atoms with Crippen LogP contribution >= 0.6 is 0 Å². The average molecular weight is 317 g/mol. The number of carbonyl (C=O) groups excluding carboxylic acids is 1. The molecule has 0 fully saturated rings. The molecule has 2 atom stereocenters. The molecule has 0 saturated heterocycles. The second-order valence-electron chi connectivity index (χ2n) is 6.94. The van der Waals surface area contributed by atoms with Gasteiger partial charge >= 0.3 is 5.97 Å². The van der Waals surface area contributed by atoms with Crippen LogP contribution in [0.1, 0.15) is 47.5 Å². The number of hydrogen-bond donors (Lipinski definition) is 1. The number of ether oxygens (including phenoxy) is 1. The number of aliphatic hydroxyl groups excluding tert-OH is 1. The Labute approximate surface area is 130 Å². The second kappa shape index (κ2) is 8.71. The van der Waals surface area contributed by atoms with E-state index in [1.54, 1.807) is 6.92 Å². The molecule has 0 amide bonds. The van der Waals surface area contributed by atoms with E-state index in [0.717, 1.165) is 6.42 Å². The molecule has 21 heavy (non-hydrogen) atoms. The van der Waals surface area contributed by atoms with Crippen LogP contribution in [0.3, 0.4) is 0 Å². The van der Waals surface area contributed by atoms with E-state index in [9.17, 15) is 9.90 Å². The van der Waals surface area contributed by atoms with E-state index < -0.39 is 20.4 Å². The second-order valence-corrected chi connectivity index (χ2v) is 11.7. The molecule has 0 aromatic carbocycles. The van der Waals surface area contributed by atoms with Gasteiger partial charge in [0, 0.05) is 12.2 Å². The van der Waals surface area contributed by atoms with Crippen LogP contribution in [0.25, 0.3) is 0 Å². The van der Waals surface area contributed by atoms with Gasteiger partial charge in [0.2, 0.25) is 0 Å². The molecule has 0 saturated carbocycles. The molecule has 0 aromatic rings. The van der Waals surface area contributed by atoms with E-state index in [1.807, 2.05) is 6.92 Å². The Morgan fingerprint density at radius 3 is 2.33 bits per heavy atom. The summed E-state index contributed by atoms with van der Waals surface area (Å²) in [4.78, 5) is 11.1. The molecule has 0 aliphatic rings. The van der Waals surface area contributed by atoms with Gasteiger partial charge in [-0.25, -0.2) is 4.79 Å². The lowest BCUT2D eigenvalue weighted by atomic mass is 10.1. The summed E-state index contributed by atoms with van der Waals surface area (Å²) in [6.45, 7) is 15.2. The molecule has 0 aromatic heterocycles. The minimum atomic E-state index is -1.76. The van der Waals surface area contributed by atoms with Crippen molar-refractivity contribution in [3.63, 3.8) is 0 Å². The van der Waals surface area contributed by atoms with Crippen molar-refractivity contribution in [1.82, 2.24) is 0 Å². The van der Waals surface area contributed by atoms with E-state index in [0.29, 0.717) is 13.0 Å². The van der Waals surface area contributed by atoms with Crippen LogP contribution in [0.5, 0.6) is 0 Å². The fraction of sp³-hybridized carbons (Fsp3) is 0.812. The molecule has 0 aliphatic carbocycles. The van der Waals surface area contributed by atoms with Gasteiger partial charge in [0.1, 0.15) is 0 Å². The monoisotopic (exact) mass is 316 g/mol. The molecule has 0 bridgehead atoms. The molecule has 124 valence electrons. The standard InChI is InChI=1S/C16H32O4Si/c1-8-19-15(18)12-11-14(17)10-9-13(2)20-21(6,7)16(3,4)5/h11-14,17H,8-10H2,1-7H3/b12-11+/t13-,14-/m0/s1. The molecule has 5 heteroatoms. The maximum Gasteiger partial charge on any atom is 0.330 e. The van der Waals surface area contributed by atoms with Gasteiger partial charge in [0.25, 0.3) is 0 Å². The normalized spacial score (nSPS) is 16.0. The Bertz CT molecular complexity index is 345. The summed E-state index contributed by atoms with van der Waals surface area (Å²) in [7, 11) is -1.76. The van der Waals surface area contributed by atoms with Gasteiger partial charge in [-0.15, -0.1) is 0 Å². The molecule has 4 nitrogen and oxygen atoms in total. The Kier molecular flexibility index (Phi) is 8.44. The molecule has 0 aliphatic heterocycles. The van der Waals surface area contributed by atoms with Crippen molar-refractivity contribution in [2.24, 2.45) is 0 Å². The zero-order valence-corrected chi connectivity index (χ0v) is 15.6. The van der Waals surface area contributed by atoms with Gasteiger partial charge < -0.3 is 14.3 Å². The number of hydrogen-bond acceptors (Lipinski definition) is 4. The number of rotatable bonds is 8. The first-order valence-corrected chi connectivity index (χ1v) is 10.6. The van der Waals surface area contributed by atoms with E-state index in [-0.39, 0.29) is 11.1 Å². The smallest absolute Gasteiger partial charge is 0.330 e. The van der Waals surface area contributed by atoms with Crippen molar-refractivity contribution in [2.75, 3.05) is 6.61 Å². The van der Waals surface area contributed by atoms with Crippen LogP contribution in [-0.2, 0) is 14.0 Å². The number of esters is 1. The predicted octanol–water partition coefficient (Wildman–Crippen LogP) is 3.66. The maximum absolute atomic E-state index is 11.1. The summed E-state index contributed by atoms with van der Waals surface area (Å²) >= 11 is 0. The summed E-state index contributed by atoms with van der Waals surface area (Å²) in [5.41, 5.74) is 0. The Morgan fingerprint density at radius 2 is 1.86 bits per heavy atom. The molecular weight excluding hydrogens is 284 g/mol. The summed E-state index contributed by atoms with van der Waals surface area (Å²) in [5.74, 6) is -0.415. The third-order valence-electron chi connectivity index (χ3n) is 3.91. The van der Waals surface area contributed by atoms with Crippen LogP contribution in [0.2, 0.25) is 18.1 Å². The minimum absolute atomic E-state index is 0.108. The summed E-state index contributed by atoms with van der Waals surface area (Å²) < 4.78 is 11.0. The highest BCUT2D eigenvalue weighted by Gasteiger charge is 2.38. The van der Waals surface area contributed by atoms with E-state index in [2.05, 4.69) is 33.9 Å². The minimum Gasteiger partial charge on any atom is -0.463 e. The Hall–Kier alpha value is -0.653. The van der Waals surface area contributed by atoms with Crippen molar-refractivity contribution in [1.29, 1.82) is 0 Å². The van der Waals surface area contributed by atoms with Crippen molar-refractivity contribution in [3.05, 3.63) is 12.2 Å². The van der Waals surface area contributed by atoms with E-state index in [4.69, 9.17) is 9.16 Å². The van der Waals surface area contributed by atoms with Crippen LogP contribution in [0.15, 0.2) is 12.2 Å². The zero-order valence-electron chi connectivity index (χ0n) is 14.6. The van der Waals surface area contributed by atoms with Gasteiger partial charge in [0.05, 0.1) is 12.7 Å². The van der Waals surface area contributed by atoms with Gasteiger partial charge in [0.15, 0.2) is 8.32 Å². The molecule has 0 heterocycles. The predicted molar refractivity (Wildman–Crippen MR) is 88.8 cm³/mol. The highest BCUT2D eigenvalue weighted by molar-refractivity contribution is 6.74. The lowest BCUT2D eigenvalue weighted by Crippen LogP contribution is -2.43. The average Bonchev–Trinajstić information content (AvgIpc) is 2.32. The molecule has 0 radical (unpaired) electrons. The SMILES string of the molecule is CCOC(=O)/C=C/[C@@H](O)CC[C@H](C)O[Si](C)(C)C(C)(C)C. The molecule has 1 N–H and O–H groups in total. The first kappa shape index (κ1) is 20.3. The molecule has 0 spiro atoms. The van der Waals surface area contributed by atoms with Gasteiger partial charge in [-0.1, -0.05) is 20.8 Å². The summed E-state index contributed by atoms with van der Waals surface area (Å²) in [5, 5.41) is 10.0. The van der Waals surface area contributed by atoms with Crippen LogP contribution < -0.4 is 0 Å². The van der Waals surface area contributed by atoms with Crippen molar-refractivity contribution in [3.8, 4) is 0 Å².